The molecule has 22 heavy (non-hydrogen) atoms. The number of benzene rings is 2. The zero-order chi connectivity index (χ0) is 15.4. The minimum Gasteiger partial charge on any atom is -0.496 e. The van der Waals surface area contributed by atoms with Crippen LogP contribution in [0.2, 0.25) is 0 Å². The lowest BCUT2D eigenvalue weighted by atomic mass is 9.90. The van der Waals surface area contributed by atoms with E-state index in [9.17, 15) is 0 Å². The molecule has 2 aromatic rings. The summed E-state index contributed by atoms with van der Waals surface area (Å²) in [6.07, 6.45) is 2.24. The van der Waals surface area contributed by atoms with Crippen LogP contribution in [0.5, 0.6) is 5.75 Å². The van der Waals surface area contributed by atoms with Crippen molar-refractivity contribution in [2.45, 2.75) is 31.5 Å². The number of hydrogen-bond acceptors (Lipinski definition) is 3. The van der Waals surface area contributed by atoms with E-state index in [0.717, 1.165) is 31.7 Å². The molecule has 0 spiro atoms. The zero-order valence-electron chi connectivity index (χ0n) is 13.1. The molecule has 2 atom stereocenters. The summed E-state index contributed by atoms with van der Waals surface area (Å²) in [7, 11) is 1.73. The Balaban J connectivity index is 1.87. The van der Waals surface area contributed by atoms with Gasteiger partial charge in [-0.1, -0.05) is 48.5 Å². The third kappa shape index (κ3) is 3.16. The highest BCUT2D eigenvalue weighted by Crippen LogP contribution is 2.32. The molecule has 0 aromatic heterocycles. The first-order valence-corrected chi connectivity index (χ1v) is 7.96. The van der Waals surface area contributed by atoms with Crippen molar-refractivity contribution in [1.82, 2.24) is 4.90 Å². The number of para-hydroxylation sites is 1. The summed E-state index contributed by atoms with van der Waals surface area (Å²) in [6, 6.07) is 19.3. The summed E-state index contributed by atoms with van der Waals surface area (Å²) >= 11 is 0. The normalized spacial score (nSPS) is 22.5. The van der Waals surface area contributed by atoms with Crippen LogP contribution in [0.4, 0.5) is 0 Å². The molecule has 2 aromatic carbocycles. The minimum absolute atomic E-state index is 0.186. The summed E-state index contributed by atoms with van der Waals surface area (Å²) in [6.45, 7) is 1.95. The van der Waals surface area contributed by atoms with Gasteiger partial charge in [0.25, 0.3) is 0 Å². The van der Waals surface area contributed by atoms with Gasteiger partial charge in [-0.25, -0.2) is 0 Å². The molecule has 116 valence electrons. The van der Waals surface area contributed by atoms with Gasteiger partial charge in [-0.15, -0.1) is 0 Å². The Hall–Kier alpha value is -1.84. The standard InChI is InChI=1S/C19H24N2O/c1-22-18-12-6-5-10-16(18)14-21-13-7-11-17(20)19(21)15-8-3-2-4-9-15/h2-6,8-10,12,17,19H,7,11,13-14,20H2,1H3/t17-,19-/m1/s1. The Kier molecular flexibility index (Phi) is 4.76. The highest BCUT2D eigenvalue weighted by molar-refractivity contribution is 5.33. The molecule has 1 heterocycles. The highest BCUT2D eigenvalue weighted by Gasteiger charge is 2.30. The van der Waals surface area contributed by atoms with Crippen LogP contribution in [0.15, 0.2) is 54.6 Å². The van der Waals surface area contributed by atoms with Gasteiger partial charge in [-0.3, -0.25) is 4.90 Å². The highest BCUT2D eigenvalue weighted by atomic mass is 16.5. The quantitative estimate of drug-likeness (QED) is 0.940. The number of ether oxygens (including phenoxy) is 1. The number of hydrogen-bond donors (Lipinski definition) is 1. The van der Waals surface area contributed by atoms with Crippen LogP contribution >= 0.6 is 0 Å². The van der Waals surface area contributed by atoms with Crippen molar-refractivity contribution in [3.63, 3.8) is 0 Å². The molecule has 0 aliphatic carbocycles. The van der Waals surface area contributed by atoms with Crippen molar-refractivity contribution in [1.29, 1.82) is 0 Å². The molecule has 0 saturated carbocycles. The number of methoxy groups -OCH3 is 1. The summed E-state index contributed by atoms with van der Waals surface area (Å²) in [5, 5.41) is 0. The Morgan fingerprint density at radius 1 is 1.09 bits per heavy atom. The van der Waals surface area contributed by atoms with E-state index in [0.29, 0.717) is 0 Å². The molecule has 3 rings (SSSR count). The molecule has 1 saturated heterocycles. The average molecular weight is 296 g/mol. The molecular weight excluding hydrogens is 272 g/mol. The van der Waals surface area contributed by atoms with Gasteiger partial charge in [0.2, 0.25) is 0 Å². The van der Waals surface area contributed by atoms with Crippen LogP contribution in [0, 0.1) is 0 Å². The van der Waals surface area contributed by atoms with Gasteiger partial charge in [0.15, 0.2) is 0 Å². The maximum Gasteiger partial charge on any atom is 0.123 e. The summed E-state index contributed by atoms with van der Waals surface area (Å²) in [4.78, 5) is 2.49. The fraction of sp³-hybridized carbons (Fsp3) is 0.368. The van der Waals surface area contributed by atoms with Gasteiger partial charge in [0, 0.05) is 18.2 Å². The van der Waals surface area contributed by atoms with E-state index >= 15 is 0 Å². The van der Waals surface area contributed by atoms with Crippen LogP contribution < -0.4 is 10.5 Å². The summed E-state index contributed by atoms with van der Waals surface area (Å²) in [5.41, 5.74) is 8.98. The molecule has 0 bridgehead atoms. The van der Waals surface area contributed by atoms with E-state index in [4.69, 9.17) is 10.5 Å². The van der Waals surface area contributed by atoms with Crippen molar-refractivity contribution in [3.05, 3.63) is 65.7 Å². The van der Waals surface area contributed by atoms with Gasteiger partial charge in [0.1, 0.15) is 5.75 Å². The number of piperidine rings is 1. The van der Waals surface area contributed by atoms with E-state index in [1.54, 1.807) is 7.11 Å². The van der Waals surface area contributed by atoms with Gasteiger partial charge in [0.05, 0.1) is 13.2 Å². The Morgan fingerprint density at radius 3 is 2.59 bits per heavy atom. The molecule has 0 radical (unpaired) electrons. The second-order valence-corrected chi connectivity index (χ2v) is 5.94. The van der Waals surface area contributed by atoms with Gasteiger partial charge in [-0.05, 0) is 31.0 Å². The van der Waals surface area contributed by atoms with Gasteiger partial charge < -0.3 is 10.5 Å². The van der Waals surface area contributed by atoms with Gasteiger partial charge in [-0.2, -0.15) is 0 Å². The van der Waals surface area contributed by atoms with Gasteiger partial charge >= 0.3 is 0 Å². The Morgan fingerprint density at radius 2 is 1.82 bits per heavy atom. The lowest BCUT2D eigenvalue weighted by molar-refractivity contribution is 0.119. The van der Waals surface area contributed by atoms with E-state index in [1.165, 1.54) is 11.1 Å². The number of rotatable bonds is 4. The van der Waals surface area contributed by atoms with Crippen LogP contribution in [0.25, 0.3) is 0 Å². The number of nitrogens with zero attached hydrogens (tertiary/aromatic N) is 1. The molecule has 2 N–H and O–H groups in total. The van der Waals surface area contributed by atoms with Crippen molar-refractivity contribution >= 4 is 0 Å². The number of nitrogens with two attached hydrogens (primary N) is 1. The fourth-order valence-electron chi connectivity index (χ4n) is 3.44. The smallest absolute Gasteiger partial charge is 0.123 e. The van der Waals surface area contributed by atoms with Crippen LogP contribution in [-0.2, 0) is 6.54 Å². The Bertz CT molecular complexity index is 599. The Labute approximate surface area is 132 Å². The molecule has 0 unspecified atom stereocenters. The zero-order valence-corrected chi connectivity index (χ0v) is 13.1. The van der Waals surface area contributed by atoms with Crippen molar-refractivity contribution in [3.8, 4) is 5.75 Å². The SMILES string of the molecule is COc1ccccc1CN1CCC[C@@H](N)[C@H]1c1ccccc1. The summed E-state index contributed by atoms with van der Waals surface area (Å²) < 4.78 is 5.50. The summed E-state index contributed by atoms with van der Waals surface area (Å²) in [5.74, 6) is 0.952. The topological polar surface area (TPSA) is 38.5 Å². The second kappa shape index (κ2) is 6.95. The fourth-order valence-corrected chi connectivity index (χ4v) is 3.44. The lowest BCUT2D eigenvalue weighted by Gasteiger charge is -2.40. The predicted molar refractivity (Wildman–Crippen MR) is 89.8 cm³/mol. The first kappa shape index (κ1) is 15.1. The third-order valence-corrected chi connectivity index (χ3v) is 4.49. The first-order valence-electron chi connectivity index (χ1n) is 7.96. The molecule has 1 aliphatic heterocycles. The molecule has 0 amide bonds. The predicted octanol–water partition coefficient (Wildman–Crippen LogP) is 3.36. The van der Waals surface area contributed by atoms with Crippen LogP contribution in [0.3, 0.4) is 0 Å². The van der Waals surface area contributed by atoms with Crippen LogP contribution in [0.1, 0.15) is 30.0 Å². The molecule has 3 heteroatoms. The maximum atomic E-state index is 6.45. The van der Waals surface area contributed by atoms with Crippen molar-refractivity contribution in [2.75, 3.05) is 13.7 Å². The van der Waals surface area contributed by atoms with Crippen LogP contribution in [-0.4, -0.2) is 24.6 Å². The maximum absolute atomic E-state index is 6.45. The molecule has 1 aliphatic rings. The first-order chi connectivity index (χ1) is 10.8. The van der Waals surface area contributed by atoms with E-state index in [1.807, 2.05) is 12.1 Å². The largest absolute Gasteiger partial charge is 0.496 e. The average Bonchev–Trinajstić information content (AvgIpc) is 2.56. The molecule has 3 nitrogen and oxygen atoms in total. The van der Waals surface area contributed by atoms with E-state index in [2.05, 4.69) is 47.4 Å². The van der Waals surface area contributed by atoms with E-state index < -0.39 is 0 Å². The third-order valence-electron chi connectivity index (χ3n) is 4.49. The monoisotopic (exact) mass is 296 g/mol. The van der Waals surface area contributed by atoms with Crippen molar-refractivity contribution in [2.24, 2.45) is 5.73 Å². The second-order valence-electron chi connectivity index (χ2n) is 5.94. The molecule has 1 fully saturated rings. The minimum atomic E-state index is 0.186. The number of likely N-dealkylation sites (tertiary alicyclic amines) is 1. The lowest BCUT2D eigenvalue weighted by Crippen LogP contribution is -2.45. The molecular formula is C19H24N2O. The van der Waals surface area contributed by atoms with Crippen molar-refractivity contribution < 1.29 is 4.74 Å². The van der Waals surface area contributed by atoms with E-state index in [-0.39, 0.29) is 12.1 Å².